The summed E-state index contributed by atoms with van der Waals surface area (Å²) in [5.41, 5.74) is 0.360. The van der Waals surface area contributed by atoms with Gasteiger partial charge in [0.15, 0.2) is 0 Å². The van der Waals surface area contributed by atoms with Gasteiger partial charge in [-0.1, -0.05) is 13.0 Å². The summed E-state index contributed by atoms with van der Waals surface area (Å²) < 4.78 is 26.4. The highest BCUT2D eigenvalue weighted by molar-refractivity contribution is 7.89. The highest BCUT2D eigenvalue weighted by atomic mass is 32.2. The van der Waals surface area contributed by atoms with Gasteiger partial charge in [-0.15, -0.1) is 0 Å². The SMILES string of the molecule is CCN(C1CNC1)S(=O)(=O)c1cccc(C#N)c1. The molecule has 1 heterocycles. The first-order valence-electron chi connectivity index (χ1n) is 5.82. The first-order valence-corrected chi connectivity index (χ1v) is 7.26. The normalized spacial score (nSPS) is 16.3. The Kier molecular flexibility index (Phi) is 3.66. The van der Waals surface area contributed by atoms with Gasteiger partial charge in [0.2, 0.25) is 10.0 Å². The van der Waals surface area contributed by atoms with Crippen LogP contribution in [0.1, 0.15) is 12.5 Å². The zero-order valence-electron chi connectivity index (χ0n) is 10.1. The van der Waals surface area contributed by atoms with E-state index in [2.05, 4.69) is 5.32 Å². The van der Waals surface area contributed by atoms with Crippen molar-refractivity contribution in [3.63, 3.8) is 0 Å². The molecule has 1 aliphatic rings. The maximum absolute atomic E-state index is 12.5. The third-order valence-corrected chi connectivity index (χ3v) is 5.07. The predicted octanol–water partition coefficient (Wildman–Crippen LogP) is 0.541. The summed E-state index contributed by atoms with van der Waals surface area (Å²) in [6, 6.07) is 8.12. The number of hydrogen-bond acceptors (Lipinski definition) is 4. The molecule has 18 heavy (non-hydrogen) atoms. The molecule has 0 unspecified atom stereocenters. The van der Waals surface area contributed by atoms with Crippen molar-refractivity contribution >= 4 is 10.0 Å². The average molecular weight is 265 g/mol. The summed E-state index contributed by atoms with van der Waals surface area (Å²) in [7, 11) is -3.50. The van der Waals surface area contributed by atoms with Crippen molar-refractivity contribution in [2.45, 2.75) is 17.9 Å². The third-order valence-electron chi connectivity index (χ3n) is 3.05. The number of nitriles is 1. The van der Waals surface area contributed by atoms with Gasteiger partial charge < -0.3 is 5.32 Å². The lowest BCUT2D eigenvalue weighted by molar-refractivity contribution is 0.249. The lowest BCUT2D eigenvalue weighted by Crippen LogP contribution is -2.58. The van der Waals surface area contributed by atoms with Gasteiger partial charge in [-0.3, -0.25) is 0 Å². The highest BCUT2D eigenvalue weighted by Crippen LogP contribution is 2.20. The molecular formula is C12H15N3O2S. The van der Waals surface area contributed by atoms with Gasteiger partial charge in [0.25, 0.3) is 0 Å². The lowest BCUT2D eigenvalue weighted by Gasteiger charge is -2.36. The van der Waals surface area contributed by atoms with E-state index in [0.717, 1.165) is 0 Å². The van der Waals surface area contributed by atoms with E-state index in [9.17, 15) is 8.42 Å². The van der Waals surface area contributed by atoms with Crippen molar-refractivity contribution in [3.05, 3.63) is 29.8 Å². The molecule has 5 nitrogen and oxygen atoms in total. The molecule has 0 saturated carbocycles. The molecule has 1 aliphatic heterocycles. The molecule has 0 spiro atoms. The van der Waals surface area contributed by atoms with Crippen LogP contribution < -0.4 is 5.32 Å². The fourth-order valence-corrected chi connectivity index (χ4v) is 3.64. The van der Waals surface area contributed by atoms with Crippen LogP contribution >= 0.6 is 0 Å². The first-order chi connectivity index (χ1) is 8.59. The fourth-order valence-electron chi connectivity index (χ4n) is 1.96. The van der Waals surface area contributed by atoms with E-state index in [4.69, 9.17) is 5.26 Å². The maximum Gasteiger partial charge on any atom is 0.243 e. The molecule has 6 heteroatoms. The average Bonchev–Trinajstić information content (AvgIpc) is 2.33. The van der Waals surface area contributed by atoms with E-state index >= 15 is 0 Å². The quantitative estimate of drug-likeness (QED) is 0.862. The molecule has 0 bridgehead atoms. The molecule has 2 rings (SSSR count). The van der Waals surface area contributed by atoms with Gasteiger partial charge in [0.05, 0.1) is 16.5 Å². The van der Waals surface area contributed by atoms with E-state index in [1.807, 2.05) is 13.0 Å². The number of benzene rings is 1. The van der Waals surface area contributed by atoms with Gasteiger partial charge in [0, 0.05) is 25.7 Å². The molecule has 0 aliphatic carbocycles. The summed E-state index contributed by atoms with van der Waals surface area (Å²) in [5, 5.41) is 11.9. The van der Waals surface area contributed by atoms with Gasteiger partial charge >= 0.3 is 0 Å². The minimum atomic E-state index is -3.50. The van der Waals surface area contributed by atoms with Crippen molar-refractivity contribution < 1.29 is 8.42 Å². The molecule has 96 valence electrons. The number of nitrogens with zero attached hydrogens (tertiary/aromatic N) is 2. The summed E-state index contributed by atoms with van der Waals surface area (Å²) in [6.45, 7) is 3.63. The third kappa shape index (κ3) is 2.25. The first kappa shape index (κ1) is 13.0. The van der Waals surface area contributed by atoms with Crippen LogP contribution in [0.15, 0.2) is 29.2 Å². The number of sulfonamides is 1. The smallest absolute Gasteiger partial charge is 0.243 e. The zero-order valence-corrected chi connectivity index (χ0v) is 10.9. The standard InChI is InChI=1S/C12H15N3O2S/c1-2-15(11-8-14-9-11)18(16,17)12-5-3-4-10(6-12)7-13/h3-6,11,14H,2,8-9H2,1H3. The Morgan fingerprint density at radius 1 is 1.50 bits per heavy atom. The summed E-state index contributed by atoms with van der Waals surface area (Å²) >= 11 is 0. The van der Waals surface area contributed by atoms with Crippen LogP contribution in [0.5, 0.6) is 0 Å². The number of likely N-dealkylation sites (N-methyl/N-ethyl adjacent to an activating group) is 1. The van der Waals surface area contributed by atoms with Gasteiger partial charge in [-0.25, -0.2) is 8.42 Å². The Bertz CT molecular complexity index is 573. The van der Waals surface area contributed by atoms with E-state index in [1.165, 1.54) is 16.4 Å². The van der Waals surface area contributed by atoms with E-state index in [-0.39, 0.29) is 10.9 Å². The number of rotatable bonds is 4. The molecule has 0 amide bonds. The van der Waals surface area contributed by atoms with Gasteiger partial charge in [0.1, 0.15) is 0 Å². The highest BCUT2D eigenvalue weighted by Gasteiger charge is 2.33. The molecule has 0 atom stereocenters. The monoisotopic (exact) mass is 265 g/mol. The van der Waals surface area contributed by atoms with Crippen LogP contribution in [0.4, 0.5) is 0 Å². The molecule has 1 aromatic carbocycles. The molecule has 1 N–H and O–H groups in total. The number of hydrogen-bond donors (Lipinski definition) is 1. The van der Waals surface area contributed by atoms with Crippen molar-refractivity contribution in [1.82, 2.24) is 9.62 Å². The molecule has 1 fully saturated rings. The Morgan fingerprint density at radius 2 is 2.22 bits per heavy atom. The van der Waals surface area contributed by atoms with Crippen molar-refractivity contribution in [1.29, 1.82) is 5.26 Å². The van der Waals surface area contributed by atoms with Crippen molar-refractivity contribution in [2.75, 3.05) is 19.6 Å². The Morgan fingerprint density at radius 3 is 2.72 bits per heavy atom. The van der Waals surface area contributed by atoms with Crippen LogP contribution in [0, 0.1) is 11.3 Å². The second-order valence-corrected chi connectivity index (χ2v) is 6.05. The summed E-state index contributed by atoms with van der Waals surface area (Å²) in [5.74, 6) is 0. The minimum Gasteiger partial charge on any atom is -0.313 e. The second kappa shape index (κ2) is 5.06. The van der Waals surface area contributed by atoms with Crippen LogP contribution in [-0.4, -0.2) is 38.4 Å². The Hall–Kier alpha value is -1.42. The summed E-state index contributed by atoms with van der Waals surface area (Å²) in [4.78, 5) is 0.190. The summed E-state index contributed by atoms with van der Waals surface area (Å²) in [6.07, 6.45) is 0. The van der Waals surface area contributed by atoms with E-state index < -0.39 is 10.0 Å². The van der Waals surface area contributed by atoms with Gasteiger partial charge in [-0.2, -0.15) is 9.57 Å². The Labute approximate surface area is 107 Å². The van der Waals surface area contributed by atoms with Gasteiger partial charge in [-0.05, 0) is 18.2 Å². The topological polar surface area (TPSA) is 73.2 Å². The van der Waals surface area contributed by atoms with Crippen molar-refractivity contribution in [2.24, 2.45) is 0 Å². The van der Waals surface area contributed by atoms with Crippen molar-refractivity contribution in [3.8, 4) is 6.07 Å². The second-order valence-electron chi connectivity index (χ2n) is 4.16. The molecule has 1 aromatic rings. The maximum atomic E-state index is 12.5. The zero-order chi connectivity index (χ0) is 13.2. The molecular weight excluding hydrogens is 250 g/mol. The van der Waals surface area contributed by atoms with Crippen LogP contribution in [-0.2, 0) is 10.0 Å². The number of nitrogens with one attached hydrogen (secondary N) is 1. The van der Waals surface area contributed by atoms with Crippen LogP contribution in [0.3, 0.4) is 0 Å². The molecule has 1 saturated heterocycles. The molecule has 0 radical (unpaired) electrons. The predicted molar refractivity (Wildman–Crippen MR) is 67.4 cm³/mol. The minimum absolute atomic E-state index is 0.0192. The molecule has 0 aromatic heterocycles. The van der Waals surface area contributed by atoms with E-state index in [0.29, 0.717) is 25.2 Å². The fraction of sp³-hybridized carbons (Fsp3) is 0.417. The van der Waals surface area contributed by atoms with Crippen LogP contribution in [0.25, 0.3) is 0 Å². The van der Waals surface area contributed by atoms with E-state index in [1.54, 1.807) is 12.1 Å². The largest absolute Gasteiger partial charge is 0.313 e. The lowest BCUT2D eigenvalue weighted by atomic mass is 10.2. The Balaban J connectivity index is 2.37. The van der Waals surface area contributed by atoms with Crippen LogP contribution in [0.2, 0.25) is 0 Å².